The van der Waals surface area contributed by atoms with E-state index in [1.54, 1.807) is 11.0 Å². The predicted molar refractivity (Wildman–Crippen MR) is 112 cm³/mol. The van der Waals surface area contributed by atoms with Crippen LogP contribution in [-0.2, 0) is 6.54 Å². The van der Waals surface area contributed by atoms with Gasteiger partial charge < -0.3 is 14.6 Å². The summed E-state index contributed by atoms with van der Waals surface area (Å²) in [6.45, 7) is 8.48. The highest BCUT2D eigenvalue weighted by Crippen LogP contribution is 2.21. The van der Waals surface area contributed by atoms with E-state index in [1.165, 1.54) is 37.1 Å². The van der Waals surface area contributed by atoms with Crippen molar-refractivity contribution < 1.29 is 14.6 Å². The van der Waals surface area contributed by atoms with E-state index in [9.17, 15) is 4.79 Å². The zero-order valence-corrected chi connectivity index (χ0v) is 16.8. The molecule has 4 heteroatoms. The Bertz CT molecular complexity index is 1000. The lowest BCUT2D eigenvalue weighted by Crippen LogP contribution is -3.13. The zero-order valence-electron chi connectivity index (χ0n) is 16.8. The molecule has 0 amide bonds. The summed E-state index contributed by atoms with van der Waals surface area (Å²) in [5.74, 6) is 0. The van der Waals surface area contributed by atoms with Crippen molar-refractivity contribution in [3.8, 4) is 0 Å². The molecule has 28 heavy (non-hydrogen) atoms. The fourth-order valence-corrected chi connectivity index (χ4v) is 4.46. The van der Waals surface area contributed by atoms with Crippen molar-refractivity contribution in [1.82, 2.24) is 0 Å². The molecule has 1 atom stereocenters. The van der Waals surface area contributed by atoms with Gasteiger partial charge in [0, 0.05) is 35.4 Å². The van der Waals surface area contributed by atoms with E-state index in [0.29, 0.717) is 11.6 Å². The number of rotatable bonds is 6. The molecule has 2 heterocycles. The first-order valence-electron chi connectivity index (χ1n) is 10.4. The Morgan fingerprint density at radius 2 is 1.75 bits per heavy atom. The van der Waals surface area contributed by atoms with E-state index in [-0.39, 0.29) is 5.63 Å². The van der Waals surface area contributed by atoms with Crippen molar-refractivity contribution in [3.63, 3.8) is 0 Å². The van der Waals surface area contributed by atoms with Gasteiger partial charge in [0.05, 0.1) is 13.1 Å². The topological polar surface area (TPSA) is 51.3 Å². The van der Waals surface area contributed by atoms with Gasteiger partial charge in [-0.05, 0) is 37.1 Å². The van der Waals surface area contributed by atoms with Crippen molar-refractivity contribution in [2.24, 2.45) is 0 Å². The monoisotopic (exact) mass is 378 g/mol. The smallest absolute Gasteiger partial charge is 0.336 e. The van der Waals surface area contributed by atoms with Gasteiger partial charge in [-0.2, -0.15) is 0 Å². The minimum atomic E-state index is -0.260. The summed E-state index contributed by atoms with van der Waals surface area (Å²) in [4.78, 5) is 13.7. The molecule has 3 aromatic rings. The molecule has 1 aliphatic rings. The molecule has 146 valence electrons. The number of nitrogens with two attached hydrogens (primary N) is 1. The predicted octanol–water partition coefficient (Wildman–Crippen LogP) is 1.89. The van der Waals surface area contributed by atoms with Crippen LogP contribution in [0.2, 0.25) is 0 Å². The molecule has 4 rings (SSSR count). The Balaban J connectivity index is 1.55. The molecule has 4 nitrogen and oxygen atoms in total. The van der Waals surface area contributed by atoms with Gasteiger partial charge >= 0.3 is 5.63 Å². The summed E-state index contributed by atoms with van der Waals surface area (Å²) in [6.07, 6.45) is 2.64. The second-order valence-electron chi connectivity index (χ2n) is 8.08. The lowest BCUT2D eigenvalue weighted by molar-refractivity contribution is -0.935. The lowest BCUT2D eigenvalue weighted by atomic mass is 10.0. The summed E-state index contributed by atoms with van der Waals surface area (Å²) < 4.78 is 5.44. The molecule has 3 N–H and O–H groups in total. The van der Waals surface area contributed by atoms with Crippen LogP contribution in [0.5, 0.6) is 0 Å². The van der Waals surface area contributed by atoms with Crippen molar-refractivity contribution >= 4 is 11.0 Å². The van der Waals surface area contributed by atoms with Gasteiger partial charge in [0.25, 0.3) is 0 Å². The van der Waals surface area contributed by atoms with Crippen LogP contribution in [-0.4, -0.2) is 19.6 Å². The van der Waals surface area contributed by atoms with Crippen LogP contribution in [0.3, 0.4) is 0 Å². The third-order valence-corrected chi connectivity index (χ3v) is 6.15. The van der Waals surface area contributed by atoms with Crippen molar-refractivity contribution in [2.75, 3.05) is 19.6 Å². The molecule has 0 aliphatic carbocycles. The maximum atomic E-state index is 12.0. The van der Waals surface area contributed by atoms with Crippen LogP contribution in [0, 0.1) is 13.8 Å². The summed E-state index contributed by atoms with van der Waals surface area (Å²) >= 11 is 0. The minimum absolute atomic E-state index is 0.260. The number of quaternary nitrogens is 2. The highest BCUT2D eigenvalue weighted by Gasteiger charge is 2.28. The average molecular weight is 379 g/mol. The standard InChI is InChI=1S/C24H28N2O2/c1-17-12-21-20(14-24(27)28-23(21)13-18(17)2)15-25-16-22(26-10-6-7-11-26)19-8-4-3-5-9-19/h3-5,8-9,12-14,22,25H,6-7,10-11,15-16H2,1-2H3/p+2/t22-/m0/s1. The molecular weight excluding hydrogens is 348 g/mol. The first kappa shape index (κ1) is 18.9. The minimum Gasteiger partial charge on any atom is -0.423 e. The first-order chi connectivity index (χ1) is 13.6. The Hall–Kier alpha value is -2.43. The molecule has 0 saturated carbocycles. The van der Waals surface area contributed by atoms with Gasteiger partial charge in [-0.25, -0.2) is 4.79 Å². The van der Waals surface area contributed by atoms with Crippen LogP contribution in [0.25, 0.3) is 11.0 Å². The number of likely N-dealkylation sites (tertiary alicyclic amines) is 1. The third-order valence-electron chi connectivity index (χ3n) is 6.15. The number of fused-ring (bicyclic) bond motifs is 1. The fraction of sp³-hybridized carbons (Fsp3) is 0.375. The fourth-order valence-electron chi connectivity index (χ4n) is 4.46. The van der Waals surface area contributed by atoms with Gasteiger partial charge in [-0.1, -0.05) is 30.3 Å². The first-order valence-corrected chi connectivity index (χ1v) is 10.4. The van der Waals surface area contributed by atoms with Crippen LogP contribution < -0.4 is 15.8 Å². The second-order valence-corrected chi connectivity index (χ2v) is 8.08. The molecule has 1 saturated heterocycles. The number of benzene rings is 2. The quantitative estimate of drug-likeness (QED) is 0.644. The Morgan fingerprint density at radius 1 is 1.04 bits per heavy atom. The van der Waals surface area contributed by atoms with Gasteiger partial charge in [0.15, 0.2) is 6.04 Å². The number of hydrogen-bond donors (Lipinski definition) is 2. The molecule has 1 fully saturated rings. The van der Waals surface area contributed by atoms with Gasteiger partial charge in [-0.15, -0.1) is 0 Å². The van der Waals surface area contributed by atoms with Gasteiger partial charge in [-0.3, -0.25) is 0 Å². The van der Waals surface area contributed by atoms with E-state index >= 15 is 0 Å². The third kappa shape index (κ3) is 4.03. The number of nitrogens with one attached hydrogen (secondary N) is 1. The van der Waals surface area contributed by atoms with E-state index in [1.807, 2.05) is 6.07 Å². The van der Waals surface area contributed by atoms with Crippen LogP contribution in [0.4, 0.5) is 0 Å². The summed E-state index contributed by atoms with van der Waals surface area (Å²) in [5.41, 5.74) is 5.30. The maximum Gasteiger partial charge on any atom is 0.336 e. The molecule has 0 radical (unpaired) electrons. The Morgan fingerprint density at radius 3 is 2.50 bits per heavy atom. The summed E-state index contributed by atoms with van der Waals surface area (Å²) in [7, 11) is 0. The van der Waals surface area contributed by atoms with E-state index < -0.39 is 0 Å². The molecule has 2 aromatic carbocycles. The molecule has 1 aromatic heterocycles. The molecule has 0 bridgehead atoms. The van der Waals surface area contributed by atoms with E-state index in [4.69, 9.17) is 4.42 Å². The largest absolute Gasteiger partial charge is 0.423 e. The zero-order chi connectivity index (χ0) is 19.5. The van der Waals surface area contributed by atoms with Gasteiger partial charge in [0.2, 0.25) is 0 Å². The van der Waals surface area contributed by atoms with Crippen LogP contribution in [0.1, 0.15) is 41.1 Å². The molecular formula is C24H30N2O2+2. The number of hydrogen-bond acceptors (Lipinski definition) is 2. The highest BCUT2D eigenvalue weighted by molar-refractivity contribution is 5.81. The maximum absolute atomic E-state index is 12.0. The van der Waals surface area contributed by atoms with E-state index in [0.717, 1.165) is 29.6 Å². The van der Waals surface area contributed by atoms with Crippen LogP contribution >= 0.6 is 0 Å². The normalized spacial score (nSPS) is 15.9. The van der Waals surface area contributed by atoms with Crippen molar-refractivity contribution in [3.05, 3.63) is 81.2 Å². The lowest BCUT2D eigenvalue weighted by Gasteiger charge is -2.23. The highest BCUT2D eigenvalue weighted by atomic mass is 16.4. The molecule has 1 aliphatic heterocycles. The van der Waals surface area contributed by atoms with Gasteiger partial charge in [0.1, 0.15) is 18.7 Å². The summed E-state index contributed by atoms with van der Waals surface area (Å²) in [6, 6.07) is 17.2. The molecule has 0 unspecified atom stereocenters. The Kier molecular flexibility index (Phi) is 5.60. The SMILES string of the molecule is Cc1cc2oc(=O)cc(C[NH2+]C[C@@H](c3ccccc3)[NH+]3CCCC3)c2cc1C. The Labute approximate surface area is 166 Å². The van der Waals surface area contributed by atoms with Crippen molar-refractivity contribution in [2.45, 2.75) is 39.3 Å². The van der Waals surface area contributed by atoms with Crippen LogP contribution in [0.15, 0.2) is 57.7 Å². The van der Waals surface area contributed by atoms with Crippen molar-refractivity contribution in [1.29, 1.82) is 0 Å². The van der Waals surface area contributed by atoms with E-state index in [2.05, 4.69) is 55.6 Å². The average Bonchev–Trinajstić information content (AvgIpc) is 3.21. The summed E-state index contributed by atoms with van der Waals surface area (Å²) in [5, 5.41) is 3.41. The number of aryl methyl sites for hydroxylation is 2. The second kappa shape index (κ2) is 8.29. The molecule has 0 spiro atoms.